The van der Waals surface area contributed by atoms with Gasteiger partial charge in [-0.15, -0.1) is 0 Å². The first kappa shape index (κ1) is 15.9. The second kappa shape index (κ2) is 5.70. The van der Waals surface area contributed by atoms with Crippen LogP contribution in [0, 0.1) is 11.7 Å². The van der Waals surface area contributed by atoms with Crippen molar-refractivity contribution in [2.45, 2.75) is 24.3 Å². The van der Waals surface area contributed by atoms with E-state index in [0.717, 1.165) is 16.4 Å². The Bertz CT molecular complexity index is 661. The molecule has 116 valence electrons. The molecule has 2 atom stereocenters. The van der Waals surface area contributed by atoms with Gasteiger partial charge in [-0.05, 0) is 30.5 Å². The number of halogens is 1. The summed E-state index contributed by atoms with van der Waals surface area (Å²) in [7, 11) is -4.12. The summed E-state index contributed by atoms with van der Waals surface area (Å²) in [5.74, 6) is -2.52. The van der Waals surface area contributed by atoms with Gasteiger partial charge in [0.1, 0.15) is 5.82 Å². The average Bonchev–Trinajstić information content (AvgIpc) is 2.41. The normalized spacial score (nSPS) is 24.0. The van der Waals surface area contributed by atoms with Gasteiger partial charge in [0.2, 0.25) is 10.0 Å². The molecule has 1 aromatic carbocycles. The van der Waals surface area contributed by atoms with Crippen LogP contribution in [0.2, 0.25) is 0 Å². The number of nitrogens with zero attached hydrogens (tertiary/aromatic N) is 1. The molecule has 1 aromatic rings. The zero-order chi connectivity index (χ0) is 15.8. The standard InChI is InChI=1S/C13H16FNO5S/c1-8-7-15(5-4-11(8)16)21(19,20)12-6-9(14)2-3-10(12)13(17)18/h2-3,6,8,11,16H,4-5,7H2,1H3,(H,17,18). The van der Waals surface area contributed by atoms with E-state index in [1.165, 1.54) is 0 Å². The summed E-state index contributed by atoms with van der Waals surface area (Å²) >= 11 is 0. The van der Waals surface area contributed by atoms with E-state index in [0.29, 0.717) is 6.07 Å². The van der Waals surface area contributed by atoms with Gasteiger partial charge < -0.3 is 10.2 Å². The minimum atomic E-state index is -4.12. The lowest BCUT2D eigenvalue weighted by Gasteiger charge is -2.33. The number of sulfonamides is 1. The highest BCUT2D eigenvalue weighted by molar-refractivity contribution is 7.89. The highest BCUT2D eigenvalue weighted by Gasteiger charge is 2.35. The summed E-state index contributed by atoms with van der Waals surface area (Å²) < 4.78 is 39.5. The fourth-order valence-electron chi connectivity index (χ4n) is 2.34. The first-order chi connectivity index (χ1) is 9.73. The number of carboxylic acids is 1. The summed E-state index contributed by atoms with van der Waals surface area (Å²) in [6.45, 7) is 1.85. The van der Waals surface area contributed by atoms with Gasteiger partial charge in [0.25, 0.3) is 0 Å². The Hall–Kier alpha value is -1.51. The van der Waals surface area contributed by atoms with Crippen molar-refractivity contribution in [2.75, 3.05) is 13.1 Å². The number of rotatable bonds is 3. The Labute approximate surface area is 121 Å². The molecular formula is C13H16FNO5S. The maximum absolute atomic E-state index is 13.3. The molecule has 1 saturated heterocycles. The second-order valence-electron chi connectivity index (χ2n) is 5.14. The lowest BCUT2D eigenvalue weighted by atomic mass is 9.99. The molecule has 1 aliphatic rings. The number of hydrogen-bond donors (Lipinski definition) is 2. The molecule has 8 heteroatoms. The zero-order valence-electron chi connectivity index (χ0n) is 11.4. The Balaban J connectivity index is 2.45. The molecule has 1 heterocycles. The predicted molar refractivity (Wildman–Crippen MR) is 71.9 cm³/mol. The van der Waals surface area contributed by atoms with Crippen LogP contribution >= 0.6 is 0 Å². The molecule has 0 aromatic heterocycles. The Morgan fingerprint density at radius 1 is 1.43 bits per heavy atom. The lowest BCUT2D eigenvalue weighted by Crippen LogP contribution is -2.45. The number of aliphatic hydroxyl groups is 1. The van der Waals surface area contributed by atoms with E-state index in [2.05, 4.69) is 0 Å². The Morgan fingerprint density at radius 2 is 2.10 bits per heavy atom. The third kappa shape index (κ3) is 3.07. The average molecular weight is 317 g/mol. The number of carbonyl (C=O) groups is 1. The number of benzene rings is 1. The quantitative estimate of drug-likeness (QED) is 0.864. The Morgan fingerprint density at radius 3 is 2.67 bits per heavy atom. The van der Waals surface area contributed by atoms with Crippen LogP contribution in [0.5, 0.6) is 0 Å². The maximum atomic E-state index is 13.3. The summed E-state index contributed by atoms with van der Waals surface area (Å²) in [6.07, 6.45) is -0.333. The van der Waals surface area contributed by atoms with Gasteiger partial charge in [-0.2, -0.15) is 4.31 Å². The monoisotopic (exact) mass is 317 g/mol. The SMILES string of the molecule is CC1CN(S(=O)(=O)c2cc(F)ccc2C(=O)O)CCC1O. The minimum absolute atomic E-state index is 0.0685. The van der Waals surface area contributed by atoms with Gasteiger partial charge in [0, 0.05) is 13.1 Å². The van der Waals surface area contributed by atoms with Crippen molar-refractivity contribution >= 4 is 16.0 Å². The molecular weight excluding hydrogens is 301 g/mol. The van der Waals surface area contributed by atoms with Gasteiger partial charge in [-0.1, -0.05) is 6.92 Å². The largest absolute Gasteiger partial charge is 0.478 e. The molecule has 0 amide bonds. The second-order valence-corrected chi connectivity index (χ2v) is 7.05. The number of hydrogen-bond acceptors (Lipinski definition) is 4. The molecule has 0 saturated carbocycles. The molecule has 2 rings (SSSR count). The fraction of sp³-hybridized carbons (Fsp3) is 0.462. The molecule has 1 aliphatic heterocycles. The highest BCUT2D eigenvalue weighted by Crippen LogP contribution is 2.26. The van der Waals surface area contributed by atoms with Crippen LogP contribution < -0.4 is 0 Å². The topological polar surface area (TPSA) is 94.9 Å². The van der Waals surface area contributed by atoms with Crippen LogP contribution in [0.1, 0.15) is 23.7 Å². The third-order valence-corrected chi connectivity index (χ3v) is 5.52. The van der Waals surface area contributed by atoms with Gasteiger partial charge in [-0.25, -0.2) is 17.6 Å². The van der Waals surface area contributed by atoms with Gasteiger partial charge in [0.05, 0.1) is 16.6 Å². The van der Waals surface area contributed by atoms with Gasteiger partial charge >= 0.3 is 5.97 Å². The van der Waals surface area contributed by atoms with Crippen LogP contribution in [0.15, 0.2) is 23.1 Å². The fourth-order valence-corrected chi connectivity index (χ4v) is 4.09. The van der Waals surface area contributed by atoms with Gasteiger partial charge in [0.15, 0.2) is 0 Å². The number of aromatic carboxylic acids is 1. The van der Waals surface area contributed by atoms with Gasteiger partial charge in [-0.3, -0.25) is 0 Å². The molecule has 2 N–H and O–H groups in total. The highest BCUT2D eigenvalue weighted by atomic mass is 32.2. The van der Waals surface area contributed by atoms with E-state index >= 15 is 0 Å². The lowest BCUT2D eigenvalue weighted by molar-refractivity contribution is 0.0624. The Kier molecular flexibility index (Phi) is 4.31. The van der Waals surface area contributed by atoms with Crippen LogP contribution in [0.3, 0.4) is 0 Å². The predicted octanol–water partition coefficient (Wildman–Crippen LogP) is 0.915. The van der Waals surface area contributed by atoms with E-state index in [4.69, 9.17) is 5.11 Å². The molecule has 1 fully saturated rings. The van der Waals surface area contributed by atoms with Crippen molar-refractivity contribution in [3.8, 4) is 0 Å². The van der Waals surface area contributed by atoms with E-state index in [1.54, 1.807) is 6.92 Å². The molecule has 0 aliphatic carbocycles. The zero-order valence-corrected chi connectivity index (χ0v) is 12.2. The number of aliphatic hydroxyl groups excluding tert-OH is 1. The smallest absolute Gasteiger partial charge is 0.337 e. The first-order valence-corrected chi connectivity index (χ1v) is 7.88. The molecule has 0 radical (unpaired) electrons. The number of carboxylic acid groups (broad SMARTS) is 1. The molecule has 0 spiro atoms. The molecule has 0 bridgehead atoms. The third-order valence-electron chi connectivity index (χ3n) is 3.61. The van der Waals surface area contributed by atoms with Crippen LogP contribution in [0.4, 0.5) is 4.39 Å². The molecule has 2 unspecified atom stereocenters. The molecule has 6 nitrogen and oxygen atoms in total. The van der Waals surface area contributed by atoms with Crippen molar-refractivity contribution in [1.29, 1.82) is 0 Å². The number of piperidine rings is 1. The summed E-state index contributed by atoms with van der Waals surface area (Å²) in [6, 6.07) is 2.56. The van der Waals surface area contributed by atoms with E-state index in [-0.39, 0.29) is 25.4 Å². The van der Waals surface area contributed by atoms with Crippen molar-refractivity contribution in [3.05, 3.63) is 29.6 Å². The van der Waals surface area contributed by atoms with E-state index < -0.39 is 38.4 Å². The summed E-state index contributed by atoms with van der Waals surface area (Å²) in [4.78, 5) is 10.6. The summed E-state index contributed by atoms with van der Waals surface area (Å²) in [5, 5.41) is 18.7. The van der Waals surface area contributed by atoms with Crippen molar-refractivity contribution < 1.29 is 27.8 Å². The first-order valence-electron chi connectivity index (χ1n) is 6.44. The maximum Gasteiger partial charge on any atom is 0.337 e. The summed E-state index contributed by atoms with van der Waals surface area (Å²) in [5.41, 5.74) is -0.463. The van der Waals surface area contributed by atoms with Crippen molar-refractivity contribution in [2.24, 2.45) is 5.92 Å². The van der Waals surface area contributed by atoms with E-state index in [1.807, 2.05) is 0 Å². The molecule has 21 heavy (non-hydrogen) atoms. The van der Waals surface area contributed by atoms with Crippen molar-refractivity contribution in [1.82, 2.24) is 4.31 Å². The van der Waals surface area contributed by atoms with Crippen LogP contribution in [0.25, 0.3) is 0 Å². The van der Waals surface area contributed by atoms with E-state index in [9.17, 15) is 22.7 Å². The van der Waals surface area contributed by atoms with Crippen LogP contribution in [-0.4, -0.2) is 48.1 Å². The minimum Gasteiger partial charge on any atom is -0.478 e. The van der Waals surface area contributed by atoms with Crippen molar-refractivity contribution in [3.63, 3.8) is 0 Å². The van der Waals surface area contributed by atoms with Crippen LogP contribution in [-0.2, 0) is 10.0 Å².